The van der Waals surface area contributed by atoms with E-state index in [2.05, 4.69) is 19.2 Å². The topological polar surface area (TPSA) is 64.3 Å². The quantitative estimate of drug-likeness (QED) is 0.768. The van der Waals surface area contributed by atoms with Gasteiger partial charge in [-0.05, 0) is 43.4 Å². The SMILES string of the molecule is COc1cccc(NC(=O)CCC(CCN)C(C)C)c1. The molecule has 0 bridgehead atoms. The van der Waals surface area contributed by atoms with Crippen LogP contribution in [-0.4, -0.2) is 19.6 Å². The summed E-state index contributed by atoms with van der Waals surface area (Å²) in [6.07, 6.45) is 2.38. The number of carbonyl (C=O) groups is 1. The first kappa shape index (κ1) is 16.5. The monoisotopic (exact) mass is 278 g/mol. The van der Waals surface area contributed by atoms with Crippen LogP contribution in [0.5, 0.6) is 5.75 Å². The second-order valence-electron chi connectivity index (χ2n) is 5.40. The minimum atomic E-state index is 0.0425. The normalized spacial score (nSPS) is 12.2. The third-order valence-corrected chi connectivity index (χ3v) is 3.58. The van der Waals surface area contributed by atoms with Crippen molar-refractivity contribution in [1.29, 1.82) is 0 Å². The van der Waals surface area contributed by atoms with E-state index in [1.165, 1.54) is 0 Å². The molecule has 0 aromatic heterocycles. The summed E-state index contributed by atoms with van der Waals surface area (Å²) in [6.45, 7) is 5.04. The van der Waals surface area contributed by atoms with Crippen LogP contribution in [0.1, 0.15) is 33.1 Å². The summed E-state index contributed by atoms with van der Waals surface area (Å²) >= 11 is 0. The van der Waals surface area contributed by atoms with E-state index in [-0.39, 0.29) is 5.91 Å². The Hall–Kier alpha value is -1.55. The number of methoxy groups -OCH3 is 1. The van der Waals surface area contributed by atoms with E-state index in [0.29, 0.717) is 24.8 Å². The van der Waals surface area contributed by atoms with Crippen LogP contribution in [0.2, 0.25) is 0 Å². The number of anilines is 1. The van der Waals surface area contributed by atoms with Crippen LogP contribution in [0.4, 0.5) is 5.69 Å². The number of nitrogens with two attached hydrogens (primary N) is 1. The van der Waals surface area contributed by atoms with E-state index in [1.54, 1.807) is 7.11 Å². The van der Waals surface area contributed by atoms with Gasteiger partial charge in [-0.3, -0.25) is 4.79 Å². The van der Waals surface area contributed by atoms with Crippen LogP contribution >= 0.6 is 0 Å². The zero-order valence-electron chi connectivity index (χ0n) is 12.7. The fraction of sp³-hybridized carbons (Fsp3) is 0.562. The standard InChI is InChI=1S/C16H26N2O2/c1-12(2)13(9-10-17)7-8-16(19)18-14-5-4-6-15(11-14)20-3/h4-6,11-13H,7-10,17H2,1-3H3,(H,18,19). The summed E-state index contributed by atoms with van der Waals surface area (Å²) in [5.41, 5.74) is 6.39. The molecule has 0 saturated carbocycles. The maximum Gasteiger partial charge on any atom is 0.224 e. The molecule has 4 nitrogen and oxygen atoms in total. The van der Waals surface area contributed by atoms with Gasteiger partial charge in [-0.2, -0.15) is 0 Å². The van der Waals surface area contributed by atoms with Gasteiger partial charge in [-0.15, -0.1) is 0 Å². The molecule has 0 saturated heterocycles. The summed E-state index contributed by atoms with van der Waals surface area (Å²) in [7, 11) is 1.61. The third kappa shape index (κ3) is 5.61. The van der Waals surface area contributed by atoms with E-state index >= 15 is 0 Å². The number of nitrogens with one attached hydrogen (secondary N) is 1. The Labute approximate surface area is 121 Å². The molecular weight excluding hydrogens is 252 g/mol. The molecule has 1 unspecified atom stereocenters. The highest BCUT2D eigenvalue weighted by molar-refractivity contribution is 5.90. The predicted octanol–water partition coefficient (Wildman–Crippen LogP) is 3.03. The Morgan fingerprint density at radius 2 is 2.10 bits per heavy atom. The van der Waals surface area contributed by atoms with Crippen LogP contribution in [0, 0.1) is 11.8 Å². The molecule has 1 amide bonds. The molecule has 112 valence electrons. The van der Waals surface area contributed by atoms with Gasteiger partial charge in [0, 0.05) is 18.2 Å². The first-order valence-corrected chi connectivity index (χ1v) is 7.20. The minimum Gasteiger partial charge on any atom is -0.497 e. The number of benzene rings is 1. The summed E-state index contributed by atoms with van der Waals surface area (Å²) in [5, 5.41) is 2.90. The van der Waals surface area contributed by atoms with Crippen molar-refractivity contribution in [2.75, 3.05) is 19.0 Å². The van der Waals surface area contributed by atoms with E-state index in [4.69, 9.17) is 10.5 Å². The van der Waals surface area contributed by atoms with Gasteiger partial charge in [0.2, 0.25) is 5.91 Å². The number of carbonyl (C=O) groups excluding carboxylic acids is 1. The highest BCUT2D eigenvalue weighted by Crippen LogP contribution is 2.21. The number of amides is 1. The van der Waals surface area contributed by atoms with Crippen LogP contribution in [-0.2, 0) is 4.79 Å². The average Bonchev–Trinajstić information content (AvgIpc) is 2.43. The van der Waals surface area contributed by atoms with Crippen molar-refractivity contribution in [3.8, 4) is 5.75 Å². The molecule has 1 rings (SSSR count). The summed E-state index contributed by atoms with van der Waals surface area (Å²) in [5.74, 6) is 1.85. The van der Waals surface area contributed by atoms with E-state index in [9.17, 15) is 4.79 Å². The van der Waals surface area contributed by atoms with Crippen molar-refractivity contribution in [3.05, 3.63) is 24.3 Å². The van der Waals surface area contributed by atoms with Crippen molar-refractivity contribution < 1.29 is 9.53 Å². The lowest BCUT2D eigenvalue weighted by atomic mass is 9.88. The molecule has 1 atom stereocenters. The third-order valence-electron chi connectivity index (χ3n) is 3.58. The molecule has 0 heterocycles. The average molecular weight is 278 g/mol. The van der Waals surface area contributed by atoms with Crippen LogP contribution < -0.4 is 15.8 Å². The minimum absolute atomic E-state index is 0.0425. The van der Waals surface area contributed by atoms with Crippen molar-refractivity contribution in [2.24, 2.45) is 17.6 Å². The van der Waals surface area contributed by atoms with Crippen molar-refractivity contribution in [1.82, 2.24) is 0 Å². The molecule has 0 spiro atoms. The Kier molecular flexibility index (Phi) is 7.09. The second kappa shape index (κ2) is 8.59. The van der Waals surface area contributed by atoms with Crippen molar-refractivity contribution in [2.45, 2.75) is 33.1 Å². The summed E-state index contributed by atoms with van der Waals surface area (Å²) in [6, 6.07) is 7.39. The number of hydrogen-bond acceptors (Lipinski definition) is 3. The lowest BCUT2D eigenvalue weighted by Gasteiger charge is -2.19. The molecule has 1 aromatic carbocycles. The largest absolute Gasteiger partial charge is 0.497 e. The van der Waals surface area contributed by atoms with Gasteiger partial charge in [0.05, 0.1) is 7.11 Å². The van der Waals surface area contributed by atoms with Gasteiger partial charge < -0.3 is 15.8 Å². The van der Waals surface area contributed by atoms with E-state index in [1.807, 2.05) is 24.3 Å². The highest BCUT2D eigenvalue weighted by atomic mass is 16.5. The maximum absolute atomic E-state index is 12.0. The van der Waals surface area contributed by atoms with Gasteiger partial charge in [0.15, 0.2) is 0 Å². The van der Waals surface area contributed by atoms with Crippen LogP contribution in [0.3, 0.4) is 0 Å². The second-order valence-corrected chi connectivity index (χ2v) is 5.40. The molecular formula is C16H26N2O2. The van der Waals surface area contributed by atoms with E-state index in [0.717, 1.165) is 24.3 Å². The molecule has 0 fully saturated rings. The number of ether oxygens (including phenoxy) is 1. The van der Waals surface area contributed by atoms with Crippen molar-refractivity contribution >= 4 is 11.6 Å². The zero-order valence-corrected chi connectivity index (χ0v) is 12.7. The molecule has 0 aliphatic carbocycles. The number of hydrogen-bond donors (Lipinski definition) is 2. The molecule has 0 aliphatic rings. The van der Waals surface area contributed by atoms with Gasteiger partial charge in [0.25, 0.3) is 0 Å². The van der Waals surface area contributed by atoms with Crippen LogP contribution in [0.25, 0.3) is 0 Å². The van der Waals surface area contributed by atoms with E-state index < -0.39 is 0 Å². The lowest BCUT2D eigenvalue weighted by Crippen LogP contribution is -2.18. The Morgan fingerprint density at radius 1 is 1.35 bits per heavy atom. The van der Waals surface area contributed by atoms with Gasteiger partial charge >= 0.3 is 0 Å². The first-order chi connectivity index (χ1) is 9.56. The Balaban J connectivity index is 2.46. The molecule has 0 radical (unpaired) electrons. The number of rotatable bonds is 8. The van der Waals surface area contributed by atoms with Gasteiger partial charge in [-0.1, -0.05) is 19.9 Å². The molecule has 1 aromatic rings. The van der Waals surface area contributed by atoms with Gasteiger partial charge in [-0.25, -0.2) is 0 Å². The maximum atomic E-state index is 12.0. The fourth-order valence-electron chi connectivity index (χ4n) is 2.27. The smallest absolute Gasteiger partial charge is 0.224 e. The predicted molar refractivity (Wildman–Crippen MR) is 82.9 cm³/mol. The molecule has 3 N–H and O–H groups in total. The van der Waals surface area contributed by atoms with Crippen LogP contribution in [0.15, 0.2) is 24.3 Å². The van der Waals surface area contributed by atoms with Crippen molar-refractivity contribution in [3.63, 3.8) is 0 Å². The van der Waals surface area contributed by atoms with Gasteiger partial charge in [0.1, 0.15) is 5.75 Å². The summed E-state index contributed by atoms with van der Waals surface area (Å²) in [4.78, 5) is 12.0. The zero-order chi connectivity index (χ0) is 15.0. The Bertz CT molecular complexity index is 419. The summed E-state index contributed by atoms with van der Waals surface area (Å²) < 4.78 is 5.13. The molecule has 4 heteroatoms. The fourth-order valence-corrected chi connectivity index (χ4v) is 2.27. The molecule has 0 aliphatic heterocycles. The Morgan fingerprint density at radius 3 is 2.70 bits per heavy atom. The molecule has 20 heavy (non-hydrogen) atoms. The first-order valence-electron chi connectivity index (χ1n) is 7.20. The highest BCUT2D eigenvalue weighted by Gasteiger charge is 2.14. The lowest BCUT2D eigenvalue weighted by molar-refractivity contribution is -0.116.